The first kappa shape index (κ1) is 49.7. The van der Waals surface area contributed by atoms with Gasteiger partial charge >= 0.3 is 11.9 Å². The van der Waals surface area contributed by atoms with Gasteiger partial charge in [0.2, 0.25) is 0 Å². The normalized spacial score (nSPS) is 11.6. The van der Waals surface area contributed by atoms with Crippen molar-refractivity contribution >= 4 is 11.9 Å². The summed E-state index contributed by atoms with van der Waals surface area (Å²) in [6.45, 7) is 16.6. The summed E-state index contributed by atoms with van der Waals surface area (Å²) < 4.78 is 75.8. The molecule has 1 aromatic rings. The molecule has 0 amide bonds. The van der Waals surface area contributed by atoms with Gasteiger partial charge in [-0.05, 0) is 32.9 Å². The summed E-state index contributed by atoms with van der Waals surface area (Å²) >= 11 is 0. The molecule has 0 fully saturated rings. The van der Waals surface area contributed by atoms with E-state index in [0.29, 0.717) is 164 Å². The molecule has 0 radical (unpaired) electrons. The van der Waals surface area contributed by atoms with E-state index in [0.717, 1.165) is 0 Å². The van der Waals surface area contributed by atoms with Crippen LogP contribution in [0.2, 0.25) is 0 Å². The maximum Gasteiger partial charge on any atom is 0.338 e. The van der Waals surface area contributed by atoms with Gasteiger partial charge in [0.15, 0.2) is 0 Å². The molecule has 0 heterocycles. The maximum absolute atomic E-state index is 11.8. The van der Waals surface area contributed by atoms with E-state index in [4.69, 9.17) is 66.3 Å². The largest absolute Gasteiger partial charge is 0.460 e. The van der Waals surface area contributed by atoms with Gasteiger partial charge in [-0.2, -0.15) is 0 Å². The highest BCUT2D eigenvalue weighted by molar-refractivity contribution is 5.89. The van der Waals surface area contributed by atoms with Crippen molar-refractivity contribution in [3.63, 3.8) is 0 Å². The molecule has 16 nitrogen and oxygen atoms in total. The zero-order chi connectivity index (χ0) is 39.1. The molecule has 0 spiro atoms. The molecule has 0 unspecified atom stereocenters. The lowest BCUT2D eigenvalue weighted by Gasteiger charge is -2.19. The fraction of sp³-hybridized carbons (Fsp3) is 0.789. The van der Waals surface area contributed by atoms with E-state index in [-0.39, 0.29) is 25.0 Å². The standard InChI is InChI=1S/C38H66O16/c1-38(2,3)54-36(39)9-10-41-11-12-42-13-14-43-15-16-44-17-18-45-19-20-46-21-22-47-23-24-48-25-26-49-27-28-50-29-30-51-31-32-52-33-34-53-37(40)35-7-5-4-6-8-35/h4-8H,9-34H2,1-3H3. The highest BCUT2D eigenvalue weighted by Gasteiger charge is 2.15. The van der Waals surface area contributed by atoms with Crippen molar-refractivity contribution in [1.82, 2.24) is 0 Å². The van der Waals surface area contributed by atoms with Crippen LogP contribution >= 0.6 is 0 Å². The lowest BCUT2D eigenvalue weighted by Crippen LogP contribution is -2.24. The highest BCUT2D eigenvalue weighted by Crippen LogP contribution is 2.08. The van der Waals surface area contributed by atoms with Crippen LogP contribution in [0.3, 0.4) is 0 Å². The van der Waals surface area contributed by atoms with Crippen molar-refractivity contribution in [3.8, 4) is 0 Å². The second-order valence-electron chi connectivity index (χ2n) is 12.2. The van der Waals surface area contributed by atoms with Crippen LogP contribution in [0.15, 0.2) is 30.3 Å². The third-order valence-corrected chi connectivity index (χ3v) is 6.43. The minimum absolute atomic E-state index is 0.196. The van der Waals surface area contributed by atoms with Crippen molar-refractivity contribution in [2.24, 2.45) is 0 Å². The van der Waals surface area contributed by atoms with Gasteiger partial charge in [-0.25, -0.2) is 4.79 Å². The third kappa shape index (κ3) is 36.6. The molecule has 0 aromatic heterocycles. The number of benzene rings is 1. The summed E-state index contributed by atoms with van der Waals surface area (Å²) in [5.74, 6) is -0.630. The van der Waals surface area contributed by atoms with Crippen LogP contribution in [-0.2, 0) is 71.1 Å². The Balaban J connectivity index is 1.64. The second kappa shape index (κ2) is 37.6. The lowest BCUT2D eigenvalue weighted by atomic mass is 10.2. The molecular formula is C38H66O16. The van der Waals surface area contributed by atoms with E-state index < -0.39 is 5.60 Å². The molecule has 314 valence electrons. The fourth-order valence-corrected chi connectivity index (χ4v) is 3.92. The minimum Gasteiger partial charge on any atom is -0.460 e. The highest BCUT2D eigenvalue weighted by atomic mass is 16.6. The average molecular weight is 779 g/mol. The summed E-state index contributed by atoms with van der Waals surface area (Å²) in [4.78, 5) is 23.4. The fourth-order valence-electron chi connectivity index (χ4n) is 3.92. The predicted molar refractivity (Wildman–Crippen MR) is 197 cm³/mol. The molecule has 54 heavy (non-hydrogen) atoms. The number of ether oxygens (including phenoxy) is 14. The van der Waals surface area contributed by atoms with Gasteiger partial charge in [0, 0.05) is 0 Å². The summed E-state index contributed by atoms with van der Waals surface area (Å²) in [5.41, 5.74) is 0.0421. The second-order valence-corrected chi connectivity index (χ2v) is 12.2. The Morgan fingerprint density at radius 1 is 0.389 bits per heavy atom. The summed E-state index contributed by atoms with van der Waals surface area (Å²) in [6, 6.07) is 8.84. The van der Waals surface area contributed by atoms with Gasteiger partial charge in [-0.3, -0.25) is 4.79 Å². The summed E-state index contributed by atoms with van der Waals surface area (Å²) in [6.07, 6.45) is 0.227. The van der Waals surface area contributed by atoms with Gasteiger partial charge in [0.1, 0.15) is 12.2 Å². The van der Waals surface area contributed by atoms with Crippen LogP contribution in [0.5, 0.6) is 0 Å². The Labute approximate surface area is 321 Å². The average Bonchev–Trinajstić information content (AvgIpc) is 3.15. The molecule has 0 bridgehead atoms. The number of carbonyl (C=O) groups excluding carboxylic acids is 2. The van der Waals surface area contributed by atoms with E-state index in [1.165, 1.54) is 0 Å². The molecular weight excluding hydrogens is 712 g/mol. The van der Waals surface area contributed by atoms with E-state index in [9.17, 15) is 9.59 Å². The Hall–Kier alpha value is -2.32. The van der Waals surface area contributed by atoms with E-state index >= 15 is 0 Å². The van der Waals surface area contributed by atoms with Gasteiger partial charge in [0.05, 0.1) is 171 Å². The zero-order valence-electron chi connectivity index (χ0n) is 32.8. The molecule has 0 saturated carbocycles. The molecule has 1 aromatic carbocycles. The molecule has 0 aliphatic carbocycles. The first-order valence-corrected chi connectivity index (χ1v) is 18.8. The van der Waals surface area contributed by atoms with Gasteiger partial charge in [-0.1, -0.05) is 18.2 Å². The topological polar surface area (TPSA) is 163 Å². The molecule has 16 heteroatoms. The maximum atomic E-state index is 11.8. The Kier molecular flexibility index (Phi) is 34.6. The number of hydrogen-bond acceptors (Lipinski definition) is 16. The zero-order valence-corrected chi connectivity index (χ0v) is 32.8. The Bertz CT molecular complexity index is 962. The van der Waals surface area contributed by atoms with Crippen molar-refractivity contribution in [2.75, 3.05) is 165 Å². The lowest BCUT2D eigenvalue weighted by molar-refractivity contribution is -0.156. The van der Waals surface area contributed by atoms with Gasteiger partial charge in [-0.15, -0.1) is 0 Å². The molecule has 1 rings (SSSR count). The van der Waals surface area contributed by atoms with Crippen LogP contribution in [0.25, 0.3) is 0 Å². The number of carbonyl (C=O) groups is 2. The van der Waals surface area contributed by atoms with Crippen LogP contribution < -0.4 is 0 Å². The van der Waals surface area contributed by atoms with Crippen LogP contribution in [0.4, 0.5) is 0 Å². The Morgan fingerprint density at radius 3 is 0.926 bits per heavy atom. The first-order chi connectivity index (χ1) is 26.4. The van der Waals surface area contributed by atoms with Gasteiger partial charge in [0.25, 0.3) is 0 Å². The Morgan fingerprint density at radius 2 is 0.648 bits per heavy atom. The van der Waals surface area contributed by atoms with Gasteiger partial charge < -0.3 is 66.3 Å². The quantitative estimate of drug-likeness (QED) is 0.0706. The van der Waals surface area contributed by atoms with E-state index in [1.54, 1.807) is 24.3 Å². The smallest absolute Gasteiger partial charge is 0.338 e. The van der Waals surface area contributed by atoms with Crippen molar-refractivity contribution in [2.45, 2.75) is 32.8 Å². The van der Waals surface area contributed by atoms with E-state index in [1.807, 2.05) is 26.8 Å². The summed E-state index contributed by atoms with van der Waals surface area (Å²) in [7, 11) is 0. The first-order valence-electron chi connectivity index (χ1n) is 18.8. The number of rotatable bonds is 40. The van der Waals surface area contributed by atoms with Crippen LogP contribution in [-0.4, -0.2) is 183 Å². The molecule has 0 saturated heterocycles. The molecule has 0 atom stereocenters. The molecule has 0 aliphatic heterocycles. The van der Waals surface area contributed by atoms with E-state index in [2.05, 4.69) is 0 Å². The summed E-state index contributed by atoms with van der Waals surface area (Å²) in [5, 5.41) is 0. The van der Waals surface area contributed by atoms with Crippen molar-refractivity contribution in [3.05, 3.63) is 35.9 Å². The van der Waals surface area contributed by atoms with Crippen molar-refractivity contribution in [1.29, 1.82) is 0 Å². The number of hydrogen-bond donors (Lipinski definition) is 0. The molecule has 0 N–H and O–H groups in total. The van der Waals surface area contributed by atoms with Crippen LogP contribution in [0.1, 0.15) is 37.6 Å². The monoisotopic (exact) mass is 778 g/mol. The third-order valence-electron chi connectivity index (χ3n) is 6.43. The van der Waals surface area contributed by atoms with Crippen molar-refractivity contribution < 1.29 is 75.9 Å². The minimum atomic E-state index is -0.479. The SMILES string of the molecule is CC(C)(C)OC(=O)CCOCCOCCOCCOCCOCCOCCOCCOCCOCCOCCOCCOCCOC(=O)c1ccccc1. The van der Waals surface area contributed by atoms with Crippen LogP contribution in [0, 0.1) is 0 Å². The molecule has 0 aliphatic rings. The number of esters is 2. The predicted octanol–water partition coefficient (Wildman–Crippen LogP) is 2.77.